The number of carbonyl (C=O) groups is 2. The number of fused-ring (bicyclic) bond motifs is 1. The number of esters is 1. The summed E-state index contributed by atoms with van der Waals surface area (Å²) in [5.41, 5.74) is 1.88. The van der Waals surface area contributed by atoms with E-state index in [9.17, 15) is 9.59 Å². The van der Waals surface area contributed by atoms with E-state index in [2.05, 4.69) is 11.9 Å². The molecule has 1 heterocycles. The first-order valence-corrected chi connectivity index (χ1v) is 10.4. The van der Waals surface area contributed by atoms with E-state index in [4.69, 9.17) is 9.47 Å². The second-order valence-electron chi connectivity index (χ2n) is 6.49. The van der Waals surface area contributed by atoms with Gasteiger partial charge in [-0.1, -0.05) is 24.7 Å². The molecule has 6 nitrogen and oxygen atoms in total. The highest BCUT2D eigenvalue weighted by molar-refractivity contribution is 7.16. The quantitative estimate of drug-likeness (QED) is 0.428. The van der Waals surface area contributed by atoms with Crippen molar-refractivity contribution in [2.24, 2.45) is 12.0 Å². The van der Waals surface area contributed by atoms with Gasteiger partial charge < -0.3 is 14.0 Å². The number of carbonyl (C=O) groups excluding carboxylic acids is 2. The van der Waals surface area contributed by atoms with Crippen molar-refractivity contribution in [1.82, 2.24) is 4.57 Å². The summed E-state index contributed by atoms with van der Waals surface area (Å²) < 4.78 is 13.4. The summed E-state index contributed by atoms with van der Waals surface area (Å²) in [4.78, 5) is 29.4. The van der Waals surface area contributed by atoms with Gasteiger partial charge in [-0.05, 0) is 55.8 Å². The third kappa shape index (κ3) is 4.92. The van der Waals surface area contributed by atoms with E-state index in [-0.39, 0.29) is 11.9 Å². The minimum Gasteiger partial charge on any atom is -0.494 e. The van der Waals surface area contributed by atoms with E-state index in [1.165, 1.54) is 11.3 Å². The molecule has 2 aromatic carbocycles. The normalized spacial score (nSPS) is 11.6. The summed E-state index contributed by atoms with van der Waals surface area (Å²) >= 11 is 1.36. The van der Waals surface area contributed by atoms with Gasteiger partial charge in [0.1, 0.15) is 5.75 Å². The first-order chi connectivity index (χ1) is 14.0. The van der Waals surface area contributed by atoms with Crippen LogP contribution in [0.25, 0.3) is 10.2 Å². The molecule has 7 heteroatoms. The largest absolute Gasteiger partial charge is 0.494 e. The maximum absolute atomic E-state index is 12.6. The predicted octanol–water partition coefficient (Wildman–Crippen LogP) is 4.34. The molecule has 0 bridgehead atoms. The second kappa shape index (κ2) is 9.52. The lowest BCUT2D eigenvalue weighted by Gasteiger charge is -2.05. The zero-order chi connectivity index (χ0) is 20.8. The van der Waals surface area contributed by atoms with E-state index >= 15 is 0 Å². The molecule has 0 atom stereocenters. The Morgan fingerprint density at radius 3 is 2.48 bits per heavy atom. The van der Waals surface area contributed by atoms with Crippen LogP contribution in [0.4, 0.5) is 0 Å². The molecule has 0 aliphatic carbocycles. The van der Waals surface area contributed by atoms with Crippen molar-refractivity contribution in [2.75, 3.05) is 13.2 Å². The van der Waals surface area contributed by atoms with E-state index in [1.807, 2.05) is 17.7 Å². The lowest BCUT2D eigenvalue weighted by atomic mass is 10.2. The van der Waals surface area contributed by atoms with Crippen molar-refractivity contribution in [1.29, 1.82) is 0 Å². The van der Waals surface area contributed by atoms with Gasteiger partial charge in [0.05, 0.1) is 29.0 Å². The first kappa shape index (κ1) is 20.8. The Morgan fingerprint density at radius 1 is 1.07 bits per heavy atom. The highest BCUT2D eigenvalue weighted by Gasteiger charge is 2.11. The number of hydrogen-bond donors (Lipinski definition) is 0. The molecular weight excluding hydrogens is 388 g/mol. The Kier molecular flexibility index (Phi) is 6.82. The molecule has 152 valence electrons. The van der Waals surface area contributed by atoms with Crippen LogP contribution in [-0.2, 0) is 11.8 Å². The molecular formula is C22H24N2O4S. The monoisotopic (exact) mass is 412 g/mol. The Balaban J connectivity index is 1.84. The lowest BCUT2D eigenvalue weighted by molar-refractivity contribution is 0.0526. The Morgan fingerprint density at radius 2 is 1.79 bits per heavy atom. The first-order valence-electron chi connectivity index (χ1n) is 9.62. The number of aromatic nitrogens is 1. The fourth-order valence-electron chi connectivity index (χ4n) is 2.76. The average molecular weight is 413 g/mol. The summed E-state index contributed by atoms with van der Waals surface area (Å²) in [5.74, 6) is 0.0630. The van der Waals surface area contributed by atoms with Gasteiger partial charge >= 0.3 is 5.97 Å². The van der Waals surface area contributed by atoms with Crippen molar-refractivity contribution in [3.05, 3.63) is 58.4 Å². The van der Waals surface area contributed by atoms with Crippen LogP contribution in [0, 0.1) is 0 Å². The summed E-state index contributed by atoms with van der Waals surface area (Å²) in [6, 6.07) is 12.3. The Hall–Kier alpha value is -2.93. The van der Waals surface area contributed by atoms with Crippen molar-refractivity contribution in [3.63, 3.8) is 0 Å². The van der Waals surface area contributed by atoms with Gasteiger partial charge in [-0.15, -0.1) is 0 Å². The molecule has 0 unspecified atom stereocenters. The number of benzene rings is 2. The molecule has 1 amide bonds. The fraction of sp³-hybridized carbons (Fsp3) is 0.318. The molecule has 0 saturated heterocycles. The summed E-state index contributed by atoms with van der Waals surface area (Å²) in [5, 5.41) is 0. The third-order valence-corrected chi connectivity index (χ3v) is 5.48. The molecule has 0 saturated carbocycles. The standard InChI is InChI=1S/C22H24N2O4S/c1-4-6-13-28-17-10-7-15(8-11-17)20(25)23-22-24(3)18-12-9-16(14-19(18)29-22)21(26)27-5-2/h7-12,14H,4-6,13H2,1-3H3. The zero-order valence-electron chi connectivity index (χ0n) is 16.8. The van der Waals surface area contributed by atoms with Gasteiger partial charge in [-0.2, -0.15) is 4.99 Å². The molecule has 3 aromatic rings. The highest BCUT2D eigenvalue weighted by atomic mass is 32.1. The van der Waals surface area contributed by atoms with Gasteiger partial charge in [0.25, 0.3) is 5.91 Å². The van der Waals surface area contributed by atoms with Crippen LogP contribution in [0.15, 0.2) is 47.5 Å². The van der Waals surface area contributed by atoms with Crippen LogP contribution >= 0.6 is 11.3 Å². The number of rotatable bonds is 7. The van der Waals surface area contributed by atoms with Crippen molar-refractivity contribution < 1.29 is 19.1 Å². The van der Waals surface area contributed by atoms with Gasteiger partial charge in [0.2, 0.25) is 0 Å². The smallest absolute Gasteiger partial charge is 0.338 e. The molecule has 0 aliphatic heterocycles. The van der Waals surface area contributed by atoms with E-state index in [1.54, 1.807) is 43.3 Å². The molecule has 0 aliphatic rings. The predicted molar refractivity (Wildman–Crippen MR) is 113 cm³/mol. The maximum atomic E-state index is 12.6. The van der Waals surface area contributed by atoms with Crippen molar-refractivity contribution >= 4 is 33.4 Å². The molecule has 0 spiro atoms. The van der Waals surface area contributed by atoms with Gasteiger partial charge in [0, 0.05) is 12.6 Å². The summed E-state index contributed by atoms with van der Waals surface area (Å²) in [6.45, 7) is 4.87. The number of nitrogens with zero attached hydrogens (tertiary/aromatic N) is 2. The number of unbranched alkanes of at least 4 members (excludes halogenated alkanes) is 1. The van der Waals surface area contributed by atoms with Crippen LogP contribution in [0.3, 0.4) is 0 Å². The van der Waals surface area contributed by atoms with Gasteiger partial charge in [-0.3, -0.25) is 4.79 Å². The van der Waals surface area contributed by atoms with E-state index in [0.29, 0.717) is 29.1 Å². The summed E-state index contributed by atoms with van der Waals surface area (Å²) in [6.07, 6.45) is 2.07. The molecule has 0 N–H and O–H groups in total. The molecule has 0 fully saturated rings. The fourth-order valence-corrected chi connectivity index (χ4v) is 3.82. The minimum absolute atomic E-state index is 0.321. The van der Waals surface area contributed by atoms with Gasteiger partial charge in [-0.25, -0.2) is 4.79 Å². The Bertz CT molecular complexity index is 1080. The number of ether oxygens (including phenoxy) is 2. The van der Waals surface area contributed by atoms with E-state index < -0.39 is 0 Å². The number of hydrogen-bond acceptors (Lipinski definition) is 5. The summed E-state index contributed by atoms with van der Waals surface area (Å²) in [7, 11) is 1.85. The maximum Gasteiger partial charge on any atom is 0.338 e. The van der Waals surface area contributed by atoms with Gasteiger partial charge in [0.15, 0.2) is 4.80 Å². The van der Waals surface area contributed by atoms with Crippen LogP contribution in [0.2, 0.25) is 0 Å². The Labute approximate surface area is 173 Å². The second-order valence-corrected chi connectivity index (χ2v) is 7.50. The molecule has 3 rings (SSSR count). The average Bonchev–Trinajstić information content (AvgIpc) is 3.03. The number of amides is 1. The zero-order valence-corrected chi connectivity index (χ0v) is 17.6. The molecule has 0 radical (unpaired) electrons. The topological polar surface area (TPSA) is 69.9 Å². The minimum atomic E-state index is -0.360. The van der Waals surface area contributed by atoms with Crippen LogP contribution < -0.4 is 9.54 Å². The van der Waals surface area contributed by atoms with Crippen molar-refractivity contribution in [2.45, 2.75) is 26.7 Å². The lowest BCUT2D eigenvalue weighted by Crippen LogP contribution is -2.13. The molecule has 29 heavy (non-hydrogen) atoms. The van der Waals surface area contributed by atoms with E-state index in [0.717, 1.165) is 28.8 Å². The highest BCUT2D eigenvalue weighted by Crippen LogP contribution is 2.19. The SMILES string of the molecule is CCCCOc1ccc(C(=O)N=c2sc3cc(C(=O)OCC)ccc3n2C)cc1. The number of aryl methyl sites for hydroxylation is 1. The number of thiazole rings is 1. The van der Waals surface area contributed by atoms with Crippen LogP contribution in [0.5, 0.6) is 5.75 Å². The van der Waals surface area contributed by atoms with Crippen LogP contribution in [-0.4, -0.2) is 29.7 Å². The van der Waals surface area contributed by atoms with Crippen molar-refractivity contribution in [3.8, 4) is 5.75 Å². The third-order valence-electron chi connectivity index (χ3n) is 4.39. The van der Waals surface area contributed by atoms with Crippen LogP contribution in [0.1, 0.15) is 47.4 Å². The molecule has 1 aromatic heterocycles.